The number of fused-ring (bicyclic) bond motifs is 1. The van der Waals surface area contributed by atoms with Crippen LogP contribution in [0.5, 0.6) is 0 Å². The molecule has 2 heterocycles. The monoisotopic (exact) mass is 339 g/mol. The number of nitrogens with zero attached hydrogens (tertiary/aromatic N) is 1. The third-order valence-corrected chi connectivity index (χ3v) is 5.35. The first-order chi connectivity index (χ1) is 12.2. The summed E-state index contributed by atoms with van der Waals surface area (Å²) in [6.07, 6.45) is 11.9. The van der Waals surface area contributed by atoms with Crippen molar-refractivity contribution in [3.63, 3.8) is 0 Å². The van der Waals surface area contributed by atoms with Crippen LogP contribution in [0.2, 0.25) is 0 Å². The van der Waals surface area contributed by atoms with Crippen LogP contribution in [0.25, 0.3) is 6.08 Å². The highest BCUT2D eigenvalue weighted by molar-refractivity contribution is 5.83. The van der Waals surface area contributed by atoms with Gasteiger partial charge in [0.05, 0.1) is 6.61 Å². The lowest BCUT2D eigenvalue weighted by Crippen LogP contribution is -2.49. The molecule has 2 aliphatic heterocycles. The van der Waals surface area contributed by atoms with Crippen LogP contribution in [0.1, 0.15) is 44.6 Å². The van der Waals surface area contributed by atoms with Gasteiger partial charge in [-0.2, -0.15) is 0 Å². The van der Waals surface area contributed by atoms with Gasteiger partial charge in [-0.3, -0.25) is 4.90 Å². The van der Waals surface area contributed by atoms with E-state index in [9.17, 15) is 4.79 Å². The van der Waals surface area contributed by atoms with Gasteiger partial charge < -0.3 is 4.74 Å². The van der Waals surface area contributed by atoms with Gasteiger partial charge in [0.2, 0.25) is 0 Å². The van der Waals surface area contributed by atoms with Crippen LogP contribution in [-0.4, -0.2) is 36.6 Å². The molecule has 0 amide bonds. The molecule has 2 fully saturated rings. The highest BCUT2D eigenvalue weighted by Crippen LogP contribution is 2.31. The molecule has 25 heavy (non-hydrogen) atoms. The van der Waals surface area contributed by atoms with Crippen LogP contribution in [0.4, 0.5) is 0 Å². The maximum Gasteiger partial charge on any atom is 0.331 e. The summed E-state index contributed by atoms with van der Waals surface area (Å²) in [6.45, 7) is 4.94. The van der Waals surface area contributed by atoms with E-state index in [1.165, 1.54) is 45.2 Å². The predicted molar refractivity (Wildman–Crippen MR) is 102 cm³/mol. The quantitative estimate of drug-likeness (QED) is 0.451. The lowest BCUT2D eigenvalue weighted by atomic mass is 9.84. The zero-order chi connectivity index (χ0) is 17.5. The van der Waals surface area contributed by atoms with E-state index in [1.54, 1.807) is 6.08 Å². The van der Waals surface area contributed by atoms with Crippen molar-refractivity contribution in [2.45, 2.75) is 45.1 Å². The highest BCUT2D eigenvalue weighted by Gasteiger charge is 2.33. The van der Waals surface area contributed by atoms with E-state index in [-0.39, 0.29) is 5.97 Å². The molecule has 2 aliphatic rings. The molecule has 3 heteroatoms. The molecule has 1 aromatic carbocycles. The van der Waals surface area contributed by atoms with Crippen LogP contribution in [-0.2, 0) is 9.53 Å². The fraction of sp³-hybridized carbons (Fsp3) is 0.500. The van der Waals surface area contributed by atoms with Gasteiger partial charge in [-0.05, 0) is 56.8 Å². The number of rotatable bonds is 5. The van der Waals surface area contributed by atoms with Crippen LogP contribution >= 0.6 is 0 Å². The van der Waals surface area contributed by atoms with Gasteiger partial charge in [0.25, 0.3) is 0 Å². The summed E-state index contributed by atoms with van der Waals surface area (Å²) in [5.74, 6) is 0.287. The fourth-order valence-corrected chi connectivity index (χ4v) is 4.03. The van der Waals surface area contributed by atoms with Gasteiger partial charge in [0, 0.05) is 18.0 Å². The van der Waals surface area contributed by atoms with E-state index in [0.717, 1.165) is 11.1 Å². The zero-order valence-electron chi connectivity index (χ0n) is 15.2. The minimum Gasteiger partial charge on any atom is -0.462 e. The molecule has 0 radical (unpaired) electrons. The summed E-state index contributed by atoms with van der Waals surface area (Å²) in [6, 6.07) is 10.7. The number of allylic oxidation sites excluding steroid dienone is 2. The summed E-state index contributed by atoms with van der Waals surface area (Å²) in [5, 5.41) is 0. The van der Waals surface area contributed by atoms with Crippen LogP contribution < -0.4 is 0 Å². The molecule has 0 spiro atoms. The summed E-state index contributed by atoms with van der Waals surface area (Å²) >= 11 is 0. The second kappa shape index (κ2) is 9.00. The van der Waals surface area contributed by atoms with E-state index < -0.39 is 0 Å². The van der Waals surface area contributed by atoms with Crippen molar-refractivity contribution in [3.8, 4) is 0 Å². The molecule has 2 saturated heterocycles. The Kier molecular flexibility index (Phi) is 6.46. The Morgan fingerprint density at radius 2 is 1.96 bits per heavy atom. The van der Waals surface area contributed by atoms with Crippen LogP contribution in [0, 0.1) is 5.92 Å². The number of benzene rings is 1. The second-order valence-electron chi connectivity index (χ2n) is 7.26. The first kappa shape index (κ1) is 17.9. The third kappa shape index (κ3) is 5.30. The third-order valence-electron chi connectivity index (χ3n) is 5.35. The van der Waals surface area contributed by atoms with Crippen molar-refractivity contribution in [3.05, 3.63) is 53.6 Å². The molecule has 3 nitrogen and oxygen atoms in total. The van der Waals surface area contributed by atoms with Gasteiger partial charge >= 0.3 is 5.97 Å². The highest BCUT2D eigenvalue weighted by atomic mass is 16.5. The number of esters is 1. The van der Waals surface area contributed by atoms with Crippen LogP contribution in [0.15, 0.2) is 48.1 Å². The Balaban J connectivity index is 1.49. The van der Waals surface area contributed by atoms with E-state index in [1.807, 2.05) is 49.4 Å². The zero-order valence-corrected chi connectivity index (χ0v) is 15.2. The molecule has 0 saturated carbocycles. The molecule has 134 valence electrons. The summed E-state index contributed by atoms with van der Waals surface area (Å²) in [7, 11) is 0. The van der Waals surface area contributed by atoms with Crippen molar-refractivity contribution in [1.82, 2.24) is 4.90 Å². The second-order valence-corrected chi connectivity index (χ2v) is 7.26. The Morgan fingerprint density at radius 1 is 1.16 bits per heavy atom. The maximum absolute atomic E-state index is 12.1. The predicted octanol–water partition coefficient (Wildman–Crippen LogP) is 4.45. The molecule has 0 aliphatic carbocycles. The smallest absolute Gasteiger partial charge is 0.331 e. The Bertz CT molecular complexity index is 618. The standard InChI is InChI=1S/C22H29NO2/c1-18(12-13-19-8-3-2-4-9-19)16-22(24)25-17-20-10-7-15-23-14-6-5-11-21(20)23/h2-4,8-9,12-13,16,20-21H,5-7,10-11,14-15,17H2,1H3/b13-12+,18-16+/t20-,21+/m0/s1. The average Bonchev–Trinajstić information content (AvgIpc) is 2.65. The number of piperidine rings is 2. The number of ether oxygens (including phenoxy) is 1. The molecule has 1 aromatic rings. The van der Waals surface area contributed by atoms with Crippen molar-refractivity contribution in [1.29, 1.82) is 0 Å². The molecule has 2 atom stereocenters. The Morgan fingerprint density at radius 3 is 2.80 bits per heavy atom. The largest absolute Gasteiger partial charge is 0.462 e. The fourth-order valence-electron chi connectivity index (χ4n) is 4.03. The van der Waals surface area contributed by atoms with Gasteiger partial charge in [0.15, 0.2) is 0 Å². The molecule has 0 bridgehead atoms. The maximum atomic E-state index is 12.1. The van der Waals surface area contributed by atoms with Crippen molar-refractivity contribution in [2.75, 3.05) is 19.7 Å². The van der Waals surface area contributed by atoms with E-state index in [0.29, 0.717) is 18.6 Å². The number of carbonyl (C=O) groups is 1. The van der Waals surface area contributed by atoms with E-state index in [2.05, 4.69) is 4.90 Å². The lowest BCUT2D eigenvalue weighted by molar-refractivity contribution is -0.140. The topological polar surface area (TPSA) is 29.5 Å². The first-order valence-corrected chi connectivity index (χ1v) is 9.54. The van der Waals surface area contributed by atoms with Gasteiger partial charge in [-0.15, -0.1) is 0 Å². The SMILES string of the molecule is CC(/C=C/c1ccccc1)=C\C(=O)OC[C@@H]1CCCN2CCCC[C@H]12. The van der Waals surface area contributed by atoms with Gasteiger partial charge in [-0.1, -0.05) is 48.9 Å². The molecular formula is C22H29NO2. The molecular weight excluding hydrogens is 310 g/mol. The van der Waals surface area contributed by atoms with Crippen molar-refractivity contribution < 1.29 is 9.53 Å². The molecule has 0 unspecified atom stereocenters. The molecule has 0 N–H and O–H groups in total. The molecule has 3 rings (SSSR count). The summed E-state index contributed by atoms with van der Waals surface area (Å²) in [5.41, 5.74) is 2.04. The lowest BCUT2D eigenvalue weighted by Gasteiger charge is -2.44. The minimum atomic E-state index is -0.219. The van der Waals surface area contributed by atoms with E-state index in [4.69, 9.17) is 4.74 Å². The number of hydrogen-bond acceptors (Lipinski definition) is 3. The molecule has 0 aromatic heterocycles. The number of carbonyl (C=O) groups excluding carboxylic acids is 1. The van der Waals surface area contributed by atoms with Gasteiger partial charge in [-0.25, -0.2) is 4.79 Å². The minimum absolute atomic E-state index is 0.219. The normalized spacial score (nSPS) is 24.9. The van der Waals surface area contributed by atoms with Crippen molar-refractivity contribution in [2.24, 2.45) is 5.92 Å². The Hall–Kier alpha value is -1.87. The summed E-state index contributed by atoms with van der Waals surface area (Å²) < 4.78 is 5.58. The van der Waals surface area contributed by atoms with E-state index >= 15 is 0 Å². The van der Waals surface area contributed by atoms with Gasteiger partial charge in [0.1, 0.15) is 0 Å². The number of hydrogen-bond donors (Lipinski definition) is 0. The average molecular weight is 339 g/mol. The Labute approximate surface area is 151 Å². The van der Waals surface area contributed by atoms with Crippen molar-refractivity contribution >= 4 is 12.0 Å². The summed E-state index contributed by atoms with van der Waals surface area (Å²) in [4.78, 5) is 14.7. The van der Waals surface area contributed by atoms with Crippen LogP contribution in [0.3, 0.4) is 0 Å². The first-order valence-electron chi connectivity index (χ1n) is 9.54.